The molecule has 1 aromatic heterocycles. The van der Waals surface area contributed by atoms with Crippen molar-refractivity contribution in [2.24, 2.45) is 0 Å². The highest BCUT2D eigenvalue weighted by Gasteiger charge is 2.02. The van der Waals surface area contributed by atoms with E-state index in [-0.39, 0.29) is 0 Å². The molecule has 1 heterocycles. The van der Waals surface area contributed by atoms with Crippen LogP contribution in [0.2, 0.25) is 0 Å². The molecule has 0 saturated heterocycles. The van der Waals surface area contributed by atoms with Crippen LogP contribution in [-0.2, 0) is 6.54 Å². The first-order chi connectivity index (χ1) is 7.72. The predicted octanol–water partition coefficient (Wildman–Crippen LogP) is 2.96. The Morgan fingerprint density at radius 1 is 1.50 bits per heavy atom. The van der Waals surface area contributed by atoms with Crippen LogP contribution < -0.4 is 5.32 Å². The van der Waals surface area contributed by atoms with Gasteiger partial charge in [-0.25, -0.2) is 0 Å². The largest absolute Gasteiger partial charge is 0.313 e. The van der Waals surface area contributed by atoms with Crippen LogP contribution in [0.4, 0.5) is 0 Å². The van der Waals surface area contributed by atoms with Gasteiger partial charge in [-0.3, -0.25) is 0 Å². The van der Waals surface area contributed by atoms with Crippen LogP contribution in [0.15, 0.2) is 17.5 Å². The third-order valence-electron chi connectivity index (χ3n) is 2.71. The number of hydrogen-bond donors (Lipinski definition) is 1. The molecule has 0 aromatic carbocycles. The first kappa shape index (κ1) is 13.7. The van der Waals surface area contributed by atoms with E-state index in [0.29, 0.717) is 6.04 Å². The molecule has 0 saturated carbocycles. The van der Waals surface area contributed by atoms with Crippen LogP contribution in [0.25, 0.3) is 0 Å². The summed E-state index contributed by atoms with van der Waals surface area (Å²) >= 11 is 1.84. The number of thiophene rings is 1. The molecule has 0 bridgehead atoms. The van der Waals surface area contributed by atoms with E-state index in [9.17, 15) is 0 Å². The highest BCUT2D eigenvalue weighted by molar-refractivity contribution is 7.09. The Kier molecular flexibility index (Phi) is 6.69. The van der Waals surface area contributed by atoms with Crippen molar-refractivity contribution < 1.29 is 0 Å². The van der Waals surface area contributed by atoms with Crippen LogP contribution in [0, 0.1) is 0 Å². The van der Waals surface area contributed by atoms with Gasteiger partial charge in [-0.1, -0.05) is 19.4 Å². The van der Waals surface area contributed by atoms with E-state index in [1.165, 1.54) is 17.7 Å². The second-order valence-electron chi connectivity index (χ2n) is 4.46. The fourth-order valence-electron chi connectivity index (χ4n) is 1.78. The van der Waals surface area contributed by atoms with E-state index >= 15 is 0 Å². The molecule has 1 rings (SSSR count). The smallest absolute Gasteiger partial charge is 0.0325 e. The number of rotatable bonds is 8. The lowest BCUT2D eigenvalue weighted by Gasteiger charge is -2.18. The van der Waals surface area contributed by atoms with Gasteiger partial charge in [0, 0.05) is 30.6 Å². The highest BCUT2D eigenvalue weighted by atomic mass is 32.1. The molecule has 1 atom stereocenters. The molecule has 92 valence electrons. The molecule has 3 heteroatoms. The van der Waals surface area contributed by atoms with E-state index in [4.69, 9.17) is 0 Å². The van der Waals surface area contributed by atoms with Gasteiger partial charge in [0.25, 0.3) is 0 Å². The monoisotopic (exact) mass is 240 g/mol. The minimum absolute atomic E-state index is 0.653. The summed E-state index contributed by atoms with van der Waals surface area (Å²) in [5, 5.41) is 5.70. The zero-order valence-electron chi connectivity index (χ0n) is 10.7. The SMILES string of the molecule is CCCC(C)NCCN(C)Cc1cccs1. The summed E-state index contributed by atoms with van der Waals surface area (Å²) in [5.41, 5.74) is 0. The number of nitrogens with zero attached hydrogens (tertiary/aromatic N) is 1. The summed E-state index contributed by atoms with van der Waals surface area (Å²) in [7, 11) is 2.19. The normalized spacial score (nSPS) is 13.2. The first-order valence-corrected chi connectivity index (χ1v) is 7.04. The first-order valence-electron chi connectivity index (χ1n) is 6.16. The zero-order chi connectivity index (χ0) is 11.8. The maximum atomic E-state index is 3.56. The van der Waals surface area contributed by atoms with Gasteiger partial charge in [-0.2, -0.15) is 0 Å². The molecule has 1 aromatic rings. The van der Waals surface area contributed by atoms with Gasteiger partial charge in [0.1, 0.15) is 0 Å². The minimum atomic E-state index is 0.653. The number of hydrogen-bond acceptors (Lipinski definition) is 3. The van der Waals surface area contributed by atoms with E-state index in [0.717, 1.165) is 19.6 Å². The van der Waals surface area contributed by atoms with Gasteiger partial charge < -0.3 is 10.2 Å². The molecule has 2 nitrogen and oxygen atoms in total. The lowest BCUT2D eigenvalue weighted by molar-refractivity contribution is 0.319. The molecule has 0 aliphatic carbocycles. The van der Waals surface area contributed by atoms with Crippen LogP contribution >= 0.6 is 11.3 Å². The number of likely N-dealkylation sites (N-methyl/N-ethyl adjacent to an activating group) is 1. The van der Waals surface area contributed by atoms with Crippen molar-refractivity contribution >= 4 is 11.3 Å². The van der Waals surface area contributed by atoms with Gasteiger partial charge in [0.05, 0.1) is 0 Å². The fraction of sp³-hybridized carbons (Fsp3) is 0.692. The Morgan fingerprint density at radius 3 is 2.94 bits per heavy atom. The van der Waals surface area contributed by atoms with Gasteiger partial charge in [0.15, 0.2) is 0 Å². The summed E-state index contributed by atoms with van der Waals surface area (Å²) < 4.78 is 0. The van der Waals surface area contributed by atoms with Gasteiger partial charge >= 0.3 is 0 Å². The van der Waals surface area contributed by atoms with Crippen molar-refractivity contribution in [3.63, 3.8) is 0 Å². The highest BCUT2D eigenvalue weighted by Crippen LogP contribution is 2.10. The standard InChI is InChI=1S/C13H24N2S/c1-4-6-12(2)14-8-9-15(3)11-13-7-5-10-16-13/h5,7,10,12,14H,4,6,8-9,11H2,1-3H3. The second-order valence-corrected chi connectivity index (χ2v) is 5.49. The molecular formula is C13H24N2S. The van der Waals surface area contributed by atoms with E-state index in [1.807, 2.05) is 11.3 Å². The lowest BCUT2D eigenvalue weighted by atomic mass is 10.2. The Labute approximate surface area is 104 Å². The fourth-order valence-corrected chi connectivity index (χ4v) is 2.57. The van der Waals surface area contributed by atoms with Crippen LogP contribution in [0.3, 0.4) is 0 Å². The average molecular weight is 240 g/mol. The molecule has 0 aliphatic heterocycles. The topological polar surface area (TPSA) is 15.3 Å². The van der Waals surface area contributed by atoms with Crippen molar-refractivity contribution in [2.75, 3.05) is 20.1 Å². The zero-order valence-corrected chi connectivity index (χ0v) is 11.5. The van der Waals surface area contributed by atoms with Gasteiger partial charge in [0.2, 0.25) is 0 Å². The van der Waals surface area contributed by atoms with Crippen LogP contribution in [0.5, 0.6) is 0 Å². The third kappa shape index (κ3) is 5.64. The van der Waals surface area contributed by atoms with Crippen LogP contribution in [0.1, 0.15) is 31.6 Å². The van der Waals surface area contributed by atoms with Crippen molar-refractivity contribution in [3.05, 3.63) is 22.4 Å². The lowest BCUT2D eigenvalue weighted by Crippen LogP contribution is -2.33. The molecule has 0 aliphatic rings. The Morgan fingerprint density at radius 2 is 2.31 bits per heavy atom. The molecule has 16 heavy (non-hydrogen) atoms. The summed E-state index contributed by atoms with van der Waals surface area (Å²) in [6.07, 6.45) is 2.54. The summed E-state index contributed by atoms with van der Waals surface area (Å²) in [4.78, 5) is 3.82. The summed E-state index contributed by atoms with van der Waals surface area (Å²) in [6.45, 7) is 7.78. The van der Waals surface area contributed by atoms with E-state index in [2.05, 4.69) is 48.6 Å². The van der Waals surface area contributed by atoms with Crippen LogP contribution in [-0.4, -0.2) is 31.1 Å². The second kappa shape index (κ2) is 7.82. The molecule has 1 unspecified atom stereocenters. The Hall–Kier alpha value is -0.380. The number of nitrogens with one attached hydrogen (secondary N) is 1. The van der Waals surface area contributed by atoms with Crippen molar-refractivity contribution in [2.45, 2.75) is 39.3 Å². The third-order valence-corrected chi connectivity index (χ3v) is 3.58. The quantitative estimate of drug-likeness (QED) is 0.751. The van der Waals surface area contributed by atoms with Crippen molar-refractivity contribution in [3.8, 4) is 0 Å². The minimum Gasteiger partial charge on any atom is -0.313 e. The summed E-state index contributed by atoms with van der Waals surface area (Å²) in [5.74, 6) is 0. The van der Waals surface area contributed by atoms with Crippen molar-refractivity contribution in [1.82, 2.24) is 10.2 Å². The predicted molar refractivity (Wildman–Crippen MR) is 73.0 cm³/mol. The summed E-state index contributed by atoms with van der Waals surface area (Å²) in [6, 6.07) is 4.98. The van der Waals surface area contributed by atoms with Crippen molar-refractivity contribution in [1.29, 1.82) is 0 Å². The average Bonchev–Trinajstić information content (AvgIpc) is 2.70. The maximum Gasteiger partial charge on any atom is 0.0325 e. The van der Waals surface area contributed by atoms with E-state index < -0.39 is 0 Å². The Bertz CT molecular complexity index is 259. The molecular weight excluding hydrogens is 216 g/mol. The maximum absolute atomic E-state index is 3.56. The molecule has 0 amide bonds. The van der Waals surface area contributed by atoms with Gasteiger partial charge in [-0.05, 0) is 31.8 Å². The van der Waals surface area contributed by atoms with E-state index in [1.54, 1.807) is 0 Å². The Balaban J connectivity index is 2.08. The molecule has 0 spiro atoms. The molecule has 0 fully saturated rings. The molecule has 1 N–H and O–H groups in total. The molecule has 0 radical (unpaired) electrons. The van der Waals surface area contributed by atoms with Gasteiger partial charge in [-0.15, -0.1) is 11.3 Å².